The molecule has 2 nitrogen and oxygen atoms in total. The van der Waals surface area contributed by atoms with Gasteiger partial charge in [-0.05, 0) is 35.2 Å². The Labute approximate surface area is 107 Å². The van der Waals surface area contributed by atoms with Gasteiger partial charge in [0.1, 0.15) is 22.3 Å². The first-order chi connectivity index (χ1) is 8.61. The van der Waals surface area contributed by atoms with Crippen molar-refractivity contribution < 1.29 is 18.3 Å². The second kappa shape index (κ2) is 5.27. The minimum Gasteiger partial charge on any atom is -0.495 e. The highest BCUT2D eigenvalue weighted by Crippen LogP contribution is 2.26. The molecule has 0 bridgehead atoms. The van der Waals surface area contributed by atoms with Crippen LogP contribution in [0.4, 0.5) is 8.78 Å². The lowest BCUT2D eigenvalue weighted by Gasteiger charge is -2.04. The van der Waals surface area contributed by atoms with E-state index in [9.17, 15) is 13.6 Å². The van der Waals surface area contributed by atoms with E-state index in [1.54, 1.807) is 11.4 Å². The van der Waals surface area contributed by atoms with E-state index in [0.29, 0.717) is 10.6 Å². The maximum atomic E-state index is 13.4. The monoisotopic (exact) mass is 268 g/mol. The van der Waals surface area contributed by atoms with E-state index in [1.807, 2.05) is 0 Å². The maximum Gasteiger partial charge on any atom is 0.181 e. The van der Waals surface area contributed by atoms with E-state index in [0.717, 1.165) is 18.2 Å². The van der Waals surface area contributed by atoms with Gasteiger partial charge >= 0.3 is 0 Å². The van der Waals surface area contributed by atoms with E-state index in [4.69, 9.17) is 4.74 Å². The van der Waals surface area contributed by atoms with Crippen LogP contribution < -0.4 is 4.74 Å². The fourth-order valence-electron chi connectivity index (χ4n) is 1.59. The van der Waals surface area contributed by atoms with E-state index < -0.39 is 11.6 Å². The Hall–Kier alpha value is -1.75. The van der Waals surface area contributed by atoms with Crippen molar-refractivity contribution in [3.8, 4) is 5.75 Å². The fourth-order valence-corrected chi connectivity index (χ4v) is 2.39. The van der Waals surface area contributed by atoms with Crippen LogP contribution in [0, 0.1) is 11.6 Å². The summed E-state index contributed by atoms with van der Waals surface area (Å²) in [4.78, 5) is 12.4. The van der Waals surface area contributed by atoms with Crippen LogP contribution in [-0.4, -0.2) is 12.9 Å². The van der Waals surface area contributed by atoms with E-state index in [-0.39, 0.29) is 17.8 Å². The Bertz CT molecular complexity index is 578. The predicted molar refractivity (Wildman–Crippen MR) is 65.3 cm³/mol. The molecular weight excluding hydrogens is 258 g/mol. The molecule has 5 heteroatoms. The fraction of sp³-hybridized carbons (Fsp3) is 0.154. The number of carbonyl (C=O) groups excluding carboxylic acids is 1. The van der Waals surface area contributed by atoms with Crippen LogP contribution in [0.2, 0.25) is 0 Å². The highest BCUT2D eigenvalue weighted by atomic mass is 32.1. The van der Waals surface area contributed by atoms with Gasteiger partial charge in [0.2, 0.25) is 0 Å². The minimum atomic E-state index is -0.583. The summed E-state index contributed by atoms with van der Waals surface area (Å²) in [5, 5.41) is 1.72. The van der Waals surface area contributed by atoms with Crippen molar-refractivity contribution >= 4 is 17.1 Å². The van der Waals surface area contributed by atoms with Gasteiger partial charge < -0.3 is 4.74 Å². The SMILES string of the molecule is COc1ccsc1C(=O)Cc1cc(F)ccc1F. The molecule has 94 valence electrons. The molecule has 2 rings (SSSR count). The Kier molecular flexibility index (Phi) is 3.72. The molecule has 0 saturated heterocycles. The number of methoxy groups -OCH3 is 1. The summed E-state index contributed by atoms with van der Waals surface area (Å²) < 4.78 is 31.4. The molecule has 0 aliphatic rings. The summed E-state index contributed by atoms with van der Waals surface area (Å²) >= 11 is 1.22. The molecule has 18 heavy (non-hydrogen) atoms. The van der Waals surface area contributed by atoms with Crippen molar-refractivity contribution in [2.24, 2.45) is 0 Å². The largest absolute Gasteiger partial charge is 0.495 e. The van der Waals surface area contributed by atoms with E-state index >= 15 is 0 Å². The number of thiophene rings is 1. The summed E-state index contributed by atoms with van der Waals surface area (Å²) in [7, 11) is 1.46. The molecule has 0 saturated carbocycles. The molecule has 0 fully saturated rings. The van der Waals surface area contributed by atoms with Gasteiger partial charge in [0, 0.05) is 6.42 Å². The molecule has 0 unspecified atom stereocenters. The van der Waals surface area contributed by atoms with Gasteiger partial charge in [-0.3, -0.25) is 4.79 Å². The molecular formula is C13H10F2O2S. The van der Waals surface area contributed by atoms with Crippen LogP contribution in [0.1, 0.15) is 15.2 Å². The molecule has 0 N–H and O–H groups in total. The van der Waals surface area contributed by atoms with Gasteiger partial charge in [0.15, 0.2) is 5.78 Å². The van der Waals surface area contributed by atoms with Crippen LogP contribution in [-0.2, 0) is 6.42 Å². The summed E-state index contributed by atoms with van der Waals surface area (Å²) in [5.41, 5.74) is 0.0513. The Morgan fingerprint density at radius 3 is 2.83 bits per heavy atom. The normalized spacial score (nSPS) is 10.4. The van der Waals surface area contributed by atoms with Crippen molar-refractivity contribution in [1.82, 2.24) is 0 Å². The van der Waals surface area contributed by atoms with Gasteiger partial charge in [-0.1, -0.05) is 0 Å². The zero-order chi connectivity index (χ0) is 13.1. The number of hydrogen-bond donors (Lipinski definition) is 0. The van der Waals surface area contributed by atoms with Crippen molar-refractivity contribution in [2.45, 2.75) is 6.42 Å². The van der Waals surface area contributed by atoms with Gasteiger partial charge in [0.25, 0.3) is 0 Å². The highest BCUT2D eigenvalue weighted by molar-refractivity contribution is 7.12. The molecule has 0 aliphatic heterocycles. The molecule has 1 aromatic heterocycles. The van der Waals surface area contributed by atoms with Gasteiger partial charge in [-0.25, -0.2) is 8.78 Å². The number of carbonyl (C=O) groups is 1. The average Bonchev–Trinajstić information content (AvgIpc) is 2.82. The van der Waals surface area contributed by atoms with Gasteiger partial charge in [-0.15, -0.1) is 11.3 Å². The molecule has 0 amide bonds. The van der Waals surface area contributed by atoms with Crippen molar-refractivity contribution in [1.29, 1.82) is 0 Å². The average molecular weight is 268 g/mol. The zero-order valence-corrected chi connectivity index (χ0v) is 10.4. The van der Waals surface area contributed by atoms with Gasteiger partial charge in [-0.2, -0.15) is 0 Å². The number of ether oxygens (including phenoxy) is 1. The van der Waals surface area contributed by atoms with Crippen molar-refractivity contribution in [3.63, 3.8) is 0 Å². The predicted octanol–water partition coefficient (Wildman–Crippen LogP) is 3.46. The maximum absolute atomic E-state index is 13.4. The van der Waals surface area contributed by atoms with Gasteiger partial charge in [0.05, 0.1) is 7.11 Å². The van der Waals surface area contributed by atoms with Crippen LogP contribution in [0.3, 0.4) is 0 Å². The van der Waals surface area contributed by atoms with E-state index in [1.165, 1.54) is 18.4 Å². The molecule has 1 heterocycles. The quantitative estimate of drug-likeness (QED) is 0.794. The number of benzene rings is 1. The Morgan fingerprint density at radius 1 is 1.33 bits per heavy atom. The number of Topliss-reactive ketones (excluding diaryl/α,β-unsaturated/α-hetero) is 1. The molecule has 0 spiro atoms. The third-order valence-electron chi connectivity index (χ3n) is 2.46. The third-order valence-corrected chi connectivity index (χ3v) is 3.40. The van der Waals surface area contributed by atoms with Crippen LogP contribution in [0.25, 0.3) is 0 Å². The van der Waals surface area contributed by atoms with Crippen LogP contribution in [0.5, 0.6) is 5.75 Å². The third kappa shape index (κ3) is 2.56. The number of rotatable bonds is 4. The minimum absolute atomic E-state index is 0.0513. The summed E-state index contributed by atoms with van der Waals surface area (Å²) in [6.45, 7) is 0. The Balaban J connectivity index is 2.24. The molecule has 0 radical (unpaired) electrons. The zero-order valence-electron chi connectivity index (χ0n) is 9.57. The van der Waals surface area contributed by atoms with E-state index in [2.05, 4.69) is 0 Å². The summed E-state index contributed by atoms with van der Waals surface area (Å²) in [6, 6.07) is 4.74. The van der Waals surface area contributed by atoms with Crippen molar-refractivity contribution in [2.75, 3.05) is 7.11 Å². The lowest BCUT2D eigenvalue weighted by atomic mass is 10.1. The molecule has 0 atom stereocenters. The van der Waals surface area contributed by atoms with Crippen molar-refractivity contribution in [3.05, 3.63) is 51.7 Å². The molecule has 2 aromatic rings. The lowest BCUT2D eigenvalue weighted by molar-refractivity contribution is 0.0993. The number of ketones is 1. The summed E-state index contributed by atoms with van der Waals surface area (Å²) in [5.74, 6) is -0.967. The highest BCUT2D eigenvalue weighted by Gasteiger charge is 2.16. The smallest absolute Gasteiger partial charge is 0.181 e. The number of halogens is 2. The second-order valence-electron chi connectivity index (χ2n) is 3.65. The topological polar surface area (TPSA) is 26.3 Å². The Morgan fingerprint density at radius 2 is 2.11 bits per heavy atom. The first-order valence-corrected chi connectivity index (χ1v) is 6.08. The second-order valence-corrected chi connectivity index (χ2v) is 4.57. The molecule has 1 aromatic carbocycles. The first-order valence-electron chi connectivity index (χ1n) is 5.20. The van der Waals surface area contributed by atoms with Crippen LogP contribution >= 0.6 is 11.3 Å². The summed E-state index contributed by atoms with van der Waals surface area (Å²) in [6.07, 6.45) is -0.180. The first kappa shape index (κ1) is 12.7. The lowest BCUT2D eigenvalue weighted by Crippen LogP contribution is -2.05. The number of hydrogen-bond acceptors (Lipinski definition) is 3. The molecule has 0 aliphatic carbocycles. The standard InChI is InChI=1S/C13H10F2O2S/c1-17-12-4-5-18-13(12)11(16)7-8-6-9(14)2-3-10(8)15/h2-6H,7H2,1H3. The van der Waals surface area contributed by atoms with Crippen LogP contribution in [0.15, 0.2) is 29.6 Å².